The zero-order valence-electron chi connectivity index (χ0n) is 20.2. The highest BCUT2D eigenvalue weighted by molar-refractivity contribution is 5.92. The molecule has 1 aliphatic carbocycles. The smallest absolute Gasteiger partial charge is 0.497 e. The van der Waals surface area contributed by atoms with E-state index in [4.69, 9.17) is 9.47 Å². The number of fused-ring (bicyclic) bond motifs is 2. The summed E-state index contributed by atoms with van der Waals surface area (Å²) in [6.07, 6.45) is -2.78. The first-order chi connectivity index (χ1) is 18.2. The van der Waals surface area contributed by atoms with Crippen LogP contribution in [-0.2, 0) is 10.2 Å². The maximum Gasteiger partial charge on any atom is 0.586 e. The van der Waals surface area contributed by atoms with E-state index in [0.717, 1.165) is 5.56 Å². The van der Waals surface area contributed by atoms with Gasteiger partial charge in [0.2, 0.25) is 5.91 Å². The van der Waals surface area contributed by atoms with Gasteiger partial charge in [-0.15, -0.1) is 8.78 Å². The molecule has 10 heteroatoms. The van der Waals surface area contributed by atoms with Gasteiger partial charge in [-0.1, -0.05) is 18.2 Å². The molecule has 0 spiro atoms. The molecule has 0 bridgehead atoms. The van der Waals surface area contributed by atoms with Crippen molar-refractivity contribution in [3.63, 3.8) is 0 Å². The van der Waals surface area contributed by atoms with Gasteiger partial charge in [0, 0.05) is 12.0 Å². The molecule has 3 aromatic rings. The maximum absolute atomic E-state index is 13.7. The van der Waals surface area contributed by atoms with Crippen molar-refractivity contribution in [2.24, 2.45) is 0 Å². The molecule has 3 aromatic carbocycles. The highest BCUT2D eigenvalue weighted by atomic mass is 19.3. The van der Waals surface area contributed by atoms with Crippen molar-refractivity contribution in [3.05, 3.63) is 82.9 Å². The third kappa shape index (κ3) is 4.15. The lowest BCUT2D eigenvalue weighted by molar-refractivity contribution is -0.286. The Morgan fingerprint density at radius 1 is 1.00 bits per heavy atom. The maximum atomic E-state index is 13.7. The molecule has 2 N–H and O–H groups in total. The minimum Gasteiger partial charge on any atom is -0.497 e. The number of methoxy groups -OCH3 is 1. The first kappa shape index (κ1) is 24.0. The molecule has 6 rings (SSSR count). The van der Waals surface area contributed by atoms with Crippen molar-refractivity contribution in [2.75, 3.05) is 7.11 Å². The molecule has 1 saturated carbocycles. The topological polar surface area (TPSA) is 103 Å². The number of rotatable bonds is 6. The quantitative estimate of drug-likeness (QED) is 0.462. The number of amides is 1. The Kier molecular flexibility index (Phi) is 5.44. The molecule has 3 aliphatic rings. The third-order valence-corrected chi connectivity index (χ3v) is 7.26. The van der Waals surface area contributed by atoms with Gasteiger partial charge < -0.3 is 29.4 Å². The van der Waals surface area contributed by atoms with Crippen LogP contribution >= 0.6 is 0 Å². The van der Waals surface area contributed by atoms with E-state index in [1.165, 1.54) is 24.3 Å². The average molecular weight is 523 g/mol. The first-order valence-corrected chi connectivity index (χ1v) is 12.1. The summed E-state index contributed by atoms with van der Waals surface area (Å²) in [6, 6.07) is 15.8. The Morgan fingerprint density at radius 3 is 2.50 bits per heavy atom. The van der Waals surface area contributed by atoms with Gasteiger partial charge in [0.15, 0.2) is 11.5 Å². The average Bonchev–Trinajstić information content (AvgIpc) is 3.65. The van der Waals surface area contributed by atoms with Crippen LogP contribution in [0, 0.1) is 0 Å². The highest BCUT2D eigenvalue weighted by Crippen LogP contribution is 2.52. The van der Waals surface area contributed by atoms with Crippen molar-refractivity contribution in [2.45, 2.75) is 43.1 Å². The van der Waals surface area contributed by atoms with Gasteiger partial charge in [0.1, 0.15) is 17.6 Å². The Morgan fingerprint density at radius 2 is 1.76 bits per heavy atom. The van der Waals surface area contributed by atoms with Crippen LogP contribution in [0.2, 0.25) is 0 Å². The second-order valence-electron chi connectivity index (χ2n) is 9.61. The number of benzene rings is 3. The number of carbonyl (C=O) groups is 2. The lowest BCUT2D eigenvalue weighted by Gasteiger charge is -2.34. The largest absolute Gasteiger partial charge is 0.586 e. The minimum atomic E-state index is -3.75. The fourth-order valence-corrected chi connectivity index (χ4v) is 5.10. The summed E-state index contributed by atoms with van der Waals surface area (Å²) < 4.78 is 47.7. The Labute approximate surface area is 216 Å². The van der Waals surface area contributed by atoms with Crippen LogP contribution in [0.1, 0.15) is 58.5 Å². The molecule has 8 nitrogen and oxygen atoms in total. The molecule has 2 atom stereocenters. The van der Waals surface area contributed by atoms with Gasteiger partial charge in [0.05, 0.1) is 24.1 Å². The molecule has 0 aromatic heterocycles. The minimum absolute atomic E-state index is 0.0734. The number of carbonyl (C=O) groups excluding carboxylic acids is 1. The van der Waals surface area contributed by atoms with Crippen LogP contribution in [-0.4, -0.2) is 30.4 Å². The summed E-state index contributed by atoms with van der Waals surface area (Å²) in [5, 5.41) is 12.6. The van der Waals surface area contributed by atoms with Gasteiger partial charge >= 0.3 is 12.3 Å². The van der Waals surface area contributed by atoms with E-state index in [2.05, 4.69) is 14.8 Å². The van der Waals surface area contributed by atoms with Crippen molar-refractivity contribution < 1.29 is 42.4 Å². The number of carboxylic acid groups (broad SMARTS) is 1. The van der Waals surface area contributed by atoms with Crippen LogP contribution in [0.3, 0.4) is 0 Å². The van der Waals surface area contributed by atoms with E-state index in [1.54, 1.807) is 19.2 Å². The summed E-state index contributed by atoms with van der Waals surface area (Å²) in [4.78, 5) is 25.3. The number of aromatic carboxylic acids is 1. The monoisotopic (exact) mass is 523 g/mol. The summed E-state index contributed by atoms with van der Waals surface area (Å²) in [7, 11) is 1.57. The number of ether oxygens (including phenoxy) is 4. The van der Waals surface area contributed by atoms with Crippen LogP contribution in [0.5, 0.6) is 23.0 Å². The van der Waals surface area contributed by atoms with Gasteiger partial charge in [-0.2, -0.15) is 0 Å². The number of nitrogens with one attached hydrogen (secondary N) is 1. The Balaban J connectivity index is 1.31. The Bertz CT molecular complexity index is 1450. The van der Waals surface area contributed by atoms with Crippen molar-refractivity contribution in [1.82, 2.24) is 5.32 Å². The molecule has 2 aliphatic heterocycles. The number of alkyl halides is 2. The molecule has 1 amide bonds. The van der Waals surface area contributed by atoms with E-state index >= 15 is 0 Å². The number of hydrogen-bond donors (Lipinski definition) is 2. The zero-order valence-corrected chi connectivity index (χ0v) is 20.2. The van der Waals surface area contributed by atoms with Crippen molar-refractivity contribution in [3.8, 4) is 23.0 Å². The molecule has 2 heterocycles. The summed E-state index contributed by atoms with van der Waals surface area (Å²) in [6.45, 7) is 0. The Hall–Kier alpha value is -4.34. The van der Waals surface area contributed by atoms with Gasteiger partial charge in [-0.05, 0) is 66.4 Å². The van der Waals surface area contributed by atoms with Gasteiger partial charge in [-0.3, -0.25) is 4.79 Å². The predicted octanol–water partition coefficient (Wildman–Crippen LogP) is 5.13. The van der Waals surface area contributed by atoms with E-state index < -0.39 is 29.8 Å². The van der Waals surface area contributed by atoms with Crippen molar-refractivity contribution in [1.29, 1.82) is 0 Å². The molecule has 196 valence electrons. The molecule has 1 fully saturated rings. The lowest BCUT2D eigenvalue weighted by Crippen LogP contribution is -2.39. The standard InChI is InChI=1S/C28H23F2NO7/c1-35-18-4-2-3-15(11-18)23-14-20(19-12-16(25(32)33)5-7-21(19)36-23)31-26(34)27(9-10-27)17-6-8-22-24(13-17)38-28(29,30)37-22/h2-8,11-13,20,23H,9-10,14H2,1H3,(H,31,34)(H,32,33)/t20-,23-/m1/s1. The normalized spacial score (nSPS) is 21.6. The van der Waals surface area contributed by atoms with Crippen LogP contribution < -0.4 is 24.3 Å². The summed E-state index contributed by atoms with van der Waals surface area (Å²) in [5.74, 6) is -0.462. The van der Waals surface area contributed by atoms with E-state index in [0.29, 0.717) is 41.9 Å². The van der Waals surface area contributed by atoms with Crippen LogP contribution in [0.15, 0.2) is 60.7 Å². The van der Waals surface area contributed by atoms with Gasteiger partial charge in [0.25, 0.3) is 0 Å². The van der Waals surface area contributed by atoms with E-state index in [1.807, 2.05) is 24.3 Å². The third-order valence-electron chi connectivity index (χ3n) is 7.26. The van der Waals surface area contributed by atoms with Gasteiger partial charge in [-0.25, -0.2) is 4.79 Å². The molecule has 0 unspecified atom stereocenters. The molecule has 0 saturated heterocycles. The molecule has 38 heavy (non-hydrogen) atoms. The van der Waals surface area contributed by atoms with E-state index in [-0.39, 0.29) is 23.0 Å². The lowest BCUT2D eigenvalue weighted by atomic mass is 9.89. The summed E-state index contributed by atoms with van der Waals surface area (Å²) >= 11 is 0. The van der Waals surface area contributed by atoms with Crippen LogP contribution in [0.25, 0.3) is 0 Å². The number of hydrogen-bond acceptors (Lipinski definition) is 6. The highest BCUT2D eigenvalue weighted by Gasteiger charge is 2.53. The number of halogens is 2. The van der Waals surface area contributed by atoms with E-state index in [9.17, 15) is 23.5 Å². The summed E-state index contributed by atoms with van der Waals surface area (Å²) in [5.41, 5.74) is 1.10. The van der Waals surface area contributed by atoms with Crippen LogP contribution in [0.4, 0.5) is 8.78 Å². The fraction of sp³-hybridized carbons (Fsp3) is 0.286. The zero-order chi connectivity index (χ0) is 26.7. The second-order valence-corrected chi connectivity index (χ2v) is 9.61. The predicted molar refractivity (Wildman–Crippen MR) is 129 cm³/mol. The number of carboxylic acids is 1. The first-order valence-electron chi connectivity index (χ1n) is 12.1. The molecular formula is C28H23F2NO7. The molecular weight excluding hydrogens is 500 g/mol. The second kappa shape index (κ2) is 8.61. The fourth-order valence-electron chi connectivity index (χ4n) is 5.10. The SMILES string of the molecule is COc1cccc([C@H]2C[C@@H](NC(=O)C3(c4ccc5c(c4)OC(F)(F)O5)CC3)c3cc(C(=O)O)ccc3O2)c1. The molecule has 0 radical (unpaired) electrons. The van der Waals surface area contributed by atoms with Crippen molar-refractivity contribution >= 4 is 11.9 Å².